The van der Waals surface area contributed by atoms with Gasteiger partial charge in [-0.05, 0) is 31.0 Å². The van der Waals surface area contributed by atoms with Crippen molar-refractivity contribution in [2.24, 2.45) is 0 Å². The van der Waals surface area contributed by atoms with Crippen molar-refractivity contribution >= 4 is 0 Å². The van der Waals surface area contributed by atoms with Crippen LogP contribution in [-0.4, -0.2) is 11.7 Å². The van der Waals surface area contributed by atoms with Gasteiger partial charge >= 0.3 is 0 Å². The lowest BCUT2D eigenvalue weighted by atomic mass is 10.1. The van der Waals surface area contributed by atoms with Crippen molar-refractivity contribution in [3.05, 3.63) is 60.0 Å². The lowest BCUT2D eigenvalue weighted by Gasteiger charge is -2.08. The summed E-state index contributed by atoms with van der Waals surface area (Å²) in [7, 11) is 0. The number of nitrogens with zero attached hydrogens (tertiary/aromatic N) is 1. The third-order valence-electron chi connectivity index (χ3n) is 3.05. The second-order valence-corrected chi connectivity index (χ2v) is 4.85. The summed E-state index contributed by atoms with van der Waals surface area (Å²) in [5.74, 6) is 1.59. The van der Waals surface area contributed by atoms with E-state index in [1.54, 1.807) is 0 Å². The Balaban J connectivity index is 1.89. The van der Waals surface area contributed by atoms with Crippen molar-refractivity contribution in [1.82, 2.24) is 10.5 Å². The molecule has 0 spiro atoms. The molecule has 0 amide bonds. The maximum Gasteiger partial charge on any atom is 0.174 e. The Labute approximate surface area is 125 Å². The molecule has 0 aliphatic rings. The van der Waals surface area contributed by atoms with Gasteiger partial charge in [-0.1, -0.05) is 36.4 Å². The molecule has 2 aromatic rings. The number of benzene rings is 1. The minimum absolute atomic E-state index is 0.384. The topological polar surface area (TPSA) is 47.3 Å². The molecule has 1 aromatic heterocycles. The van der Waals surface area contributed by atoms with Crippen LogP contribution in [0.3, 0.4) is 0 Å². The van der Waals surface area contributed by atoms with Gasteiger partial charge in [-0.2, -0.15) is 0 Å². The van der Waals surface area contributed by atoms with Crippen molar-refractivity contribution in [3.8, 4) is 5.75 Å². The molecule has 0 aliphatic carbocycles. The average molecular weight is 286 g/mol. The Morgan fingerprint density at radius 2 is 2.24 bits per heavy atom. The summed E-state index contributed by atoms with van der Waals surface area (Å²) in [5, 5.41) is 7.32. The van der Waals surface area contributed by atoms with Crippen molar-refractivity contribution in [2.75, 3.05) is 6.54 Å². The van der Waals surface area contributed by atoms with Crippen LogP contribution >= 0.6 is 0 Å². The zero-order valence-electron chi connectivity index (χ0n) is 12.5. The Bertz CT molecular complexity index is 563. The van der Waals surface area contributed by atoms with E-state index in [2.05, 4.69) is 24.0 Å². The molecule has 0 bridgehead atoms. The summed E-state index contributed by atoms with van der Waals surface area (Å²) in [6.45, 7) is 7.99. The van der Waals surface area contributed by atoms with Gasteiger partial charge in [0.15, 0.2) is 5.76 Å². The lowest BCUT2D eigenvalue weighted by Crippen LogP contribution is -2.13. The molecule has 4 nitrogen and oxygen atoms in total. The molecule has 0 saturated heterocycles. The fourth-order valence-electron chi connectivity index (χ4n) is 2.02. The van der Waals surface area contributed by atoms with Gasteiger partial charge in [0.1, 0.15) is 12.4 Å². The normalized spacial score (nSPS) is 10.5. The van der Waals surface area contributed by atoms with Crippen LogP contribution in [0.2, 0.25) is 0 Å². The van der Waals surface area contributed by atoms with Crippen molar-refractivity contribution in [1.29, 1.82) is 0 Å². The Kier molecular flexibility index (Phi) is 6.03. The summed E-state index contributed by atoms with van der Waals surface area (Å²) in [4.78, 5) is 0. The van der Waals surface area contributed by atoms with Gasteiger partial charge in [-0.25, -0.2) is 0 Å². The smallest absolute Gasteiger partial charge is 0.174 e. The predicted octanol–water partition coefficient (Wildman–Crippen LogP) is 3.48. The maximum atomic E-state index is 5.81. The summed E-state index contributed by atoms with van der Waals surface area (Å²) in [5.41, 5.74) is 2.03. The first-order valence-corrected chi connectivity index (χ1v) is 7.30. The number of para-hydroxylation sites is 1. The summed E-state index contributed by atoms with van der Waals surface area (Å²) in [6.07, 6.45) is 3.76. The predicted molar refractivity (Wildman–Crippen MR) is 83.2 cm³/mol. The van der Waals surface area contributed by atoms with E-state index in [1.807, 2.05) is 36.4 Å². The molecule has 2 rings (SSSR count). The van der Waals surface area contributed by atoms with Crippen LogP contribution < -0.4 is 10.1 Å². The van der Waals surface area contributed by atoms with Crippen LogP contribution in [-0.2, 0) is 19.6 Å². The largest absolute Gasteiger partial charge is 0.485 e. The number of nitrogens with one attached hydrogen (secondary N) is 1. The van der Waals surface area contributed by atoms with Crippen molar-refractivity contribution in [2.45, 2.75) is 32.9 Å². The zero-order valence-corrected chi connectivity index (χ0v) is 12.5. The number of hydrogen-bond donors (Lipinski definition) is 1. The third-order valence-corrected chi connectivity index (χ3v) is 3.05. The molecule has 1 N–H and O–H groups in total. The molecular weight excluding hydrogens is 264 g/mol. The van der Waals surface area contributed by atoms with E-state index >= 15 is 0 Å². The number of aromatic nitrogens is 1. The second kappa shape index (κ2) is 8.27. The highest BCUT2D eigenvalue weighted by Crippen LogP contribution is 2.20. The fourth-order valence-corrected chi connectivity index (χ4v) is 2.02. The highest BCUT2D eigenvalue weighted by atomic mass is 16.5. The van der Waals surface area contributed by atoms with E-state index in [0.29, 0.717) is 6.61 Å². The van der Waals surface area contributed by atoms with E-state index < -0.39 is 0 Å². The number of allylic oxidation sites excluding steroid dienone is 1. The van der Waals surface area contributed by atoms with Crippen LogP contribution in [0.1, 0.15) is 30.4 Å². The molecular formula is C17H22N2O2. The zero-order chi connectivity index (χ0) is 14.9. The first-order valence-electron chi connectivity index (χ1n) is 7.30. The van der Waals surface area contributed by atoms with E-state index in [9.17, 15) is 0 Å². The third kappa shape index (κ3) is 4.76. The van der Waals surface area contributed by atoms with E-state index in [0.717, 1.165) is 48.7 Å². The van der Waals surface area contributed by atoms with Gasteiger partial charge in [-0.15, -0.1) is 6.58 Å². The standard InChI is InChI=1S/C17H22N2O2/c1-3-7-14-8-5-6-9-17(14)20-13-16-11-15(19-21-16)12-18-10-4-2/h3,5-6,8-9,11,18H,1,4,7,10,12-13H2,2H3. The number of hydrogen-bond acceptors (Lipinski definition) is 4. The summed E-state index contributed by atoms with van der Waals surface area (Å²) < 4.78 is 11.1. The molecule has 0 aliphatic heterocycles. The van der Waals surface area contributed by atoms with Crippen LogP contribution in [0.15, 0.2) is 47.5 Å². The van der Waals surface area contributed by atoms with Gasteiger partial charge in [0.2, 0.25) is 0 Å². The minimum atomic E-state index is 0.384. The first kappa shape index (κ1) is 15.3. The highest BCUT2D eigenvalue weighted by Gasteiger charge is 2.06. The fraction of sp³-hybridized carbons (Fsp3) is 0.353. The Morgan fingerprint density at radius 1 is 1.38 bits per heavy atom. The number of rotatable bonds is 9. The summed E-state index contributed by atoms with van der Waals surface area (Å²) in [6, 6.07) is 9.88. The molecule has 112 valence electrons. The molecule has 21 heavy (non-hydrogen) atoms. The van der Waals surface area contributed by atoms with Crippen molar-refractivity contribution in [3.63, 3.8) is 0 Å². The first-order chi connectivity index (χ1) is 10.3. The second-order valence-electron chi connectivity index (χ2n) is 4.85. The van der Waals surface area contributed by atoms with E-state index in [1.165, 1.54) is 0 Å². The van der Waals surface area contributed by atoms with Crippen LogP contribution in [0.4, 0.5) is 0 Å². The van der Waals surface area contributed by atoms with Gasteiger partial charge in [0.05, 0.1) is 5.69 Å². The molecule has 0 saturated carbocycles. The van der Waals surface area contributed by atoms with Gasteiger partial charge in [0, 0.05) is 12.6 Å². The number of ether oxygens (including phenoxy) is 1. The van der Waals surface area contributed by atoms with Crippen molar-refractivity contribution < 1.29 is 9.26 Å². The molecule has 4 heteroatoms. The molecule has 0 atom stereocenters. The molecule has 0 radical (unpaired) electrons. The van der Waals surface area contributed by atoms with E-state index in [-0.39, 0.29) is 0 Å². The minimum Gasteiger partial charge on any atom is -0.485 e. The van der Waals surface area contributed by atoms with Gasteiger partial charge in [-0.3, -0.25) is 0 Å². The highest BCUT2D eigenvalue weighted by molar-refractivity contribution is 5.34. The lowest BCUT2D eigenvalue weighted by molar-refractivity contribution is 0.247. The van der Waals surface area contributed by atoms with Crippen LogP contribution in [0.5, 0.6) is 5.75 Å². The Hall–Kier alpha value is -2.07. The molecule has 0 unspecified atom stereocenters. The maximum absolute atomic E-state index is 5.81. The van der Waals surface area contributed by atoms with Gasteiger partial charge < -0.3 is 14.6 Å². The summed E-state index contributed by atoms with van der Waals surface area (Å²) >= 11 is 0. The SMILES string of the molecule is C=CCc1ccccc1OCc1cc(CNCCC)no1. The van der Waals surface area contributed by atoms with Gasteiger partial charge in [0.25, 0.3) is 0 Å². The molecule has 0 fully saturated rings. The molecule has 1 heterocycles. The Morgan fingerprint density at radius 3 is 3.05 bits per heavy atom. The monoisotopic (exact) mass is 286 g/mol. The average Bonchev–Trinajstić information content (AvgIpc) is 2.95. The van der Waals surface area contributed by atoms with E-state index in [4.69, 9.17) is 9.26 Å². The quantitative estimate of drug-likeness (QED) is 0.566. The van der Waals surface area contributed by atoms with Crippen LogP contribution in [0, 0.1) is 0 Å². The van der Waals surface area contributed by atoms with Crippen LogP contribution in [0.25, 0.3) is 0 Å². The molecule has 1 aromatic carbocycles.